The number of nitrogens with zero attached hydrogens (tertiary/aromatic N) is 4. The smallest absolute Gasteiger partial charge is 0.257 e. The summed E-state index contributed by atoms with van der Waals surface area (Å²) in [4.78, 5) is 18.0. The SMILES string of the molecule is Cc1ccc(-n2ncc(C(=O)N3CCN(c4ccccc4)CC3)c2C2CCNCC2)cc1. The van der Waals surface area contributed by atoms with Crippen molar-refractivity contribution in [3.63, 3.8) is 0 Å². The third-order valence-electron chi connectivity index (χ3n) is 6.73. The van der Waals surface area contributed by atoms with E-state index < -0.39 is 0 Å². The van der Waals surface area contributed by atoms with Gasteiger partial charge >= 0.3 is 0 Å². The number of piperidine rings is 1. The average Bonchev–Trinajstić information content (AvgIpc) is 3.30. The number of aromatic nitrogens is 2. The molecule has 5 rings (SSSR count). The second-order valence-corrected chi connectivity index (χ2v) is 8.83. The molecular formula is C26H31N5O. The van der Waals surface area contributed by atoms with Gasteiger partial charge in [0.2, 0.25) is 0 Å². The summed E-state index contributed by atoms with van der Waals surface area (Å²) in [5.41, 5.74) is 5.31. The summed E-state index contributed by atoms with van der Waals surface area (Å²) in [5.74, 6) is 0.453. The number of rotatable bonds is 4. The lowest BCUT2D eigenvalue weighted by atomic mass is 9.91. The van der Waals surface area contributed by atoms with E-state index in [-0.39, 0.29) is 5.91 Å². The Labute approximate surface area is 189 Å². The maximum atomic E-state index is 13.6. The lowest BCUT2D eigenvalue weighted by molar-refractivity contribution is 0.0744. The van der Waals surface area contributed by atoms with Crippen molar-refractivity contribution in [1.82, 2.24) is 20.0 Å². The fourth-order valence-electron chi connectivity index (χ4n) is 4.88. The van der Waals surface area contributed by atoms with Crippen LogP contribution in [-0.2, 0) is 0 Å². The number of hydrogen-bond acceptors (Lipinski definition) is 4. The molecule has 2 aromatic carbocycles. The fraction of sp³-hybridized carbons (Fsp3) is 0.385. The molecule has 1 aromatic heterocycles. The molecule has 0 atom stereocenters. The number of benzene rings is 2. The van der Waals surface area contributed by atoms with Gasteiger partial charge in [0.25, 0.3) is 5.91 Å². The Morgan fingerprint density at radius 1 is 0.906 bits per heavy atom. The quantitative estimate of drug-likeness (QED) is 0.688. The van der Waals surface area contributed by atoms with Gasteiger partial charge < -0.3 is 15.1 Å². The highest BCUT2D eigenvalue weighted by atomic mass is 16.2. The van der Waals surface area contributed by atoms with Gasteiger partial charge in [-0.15, -0.1) is 0 Å². The Balaban J connectivity index is 1.40. The molecule has 0 spiro atoms. The summed E-state index contributed by atoms with van der Waals surface area (Å²) in [5, 5.41) is 8.15. The lowest BCUT2D eigenvalue weighted by Crippen LogP contribution is -2.49. The monoisotopic (exact) mass is 429 g/mol. The topological polar surface area (TPSA) is 53.4 Å². The number of hydrogen-bond donors (Lipinski definition) is 1. The fourth-order valence-corrected chi connectivity index (χ4v) is 4.88. The van der Waals surface area contributed by atoms with Gasteiger partial charge in [0.1, 0.15) is 0 Å². The molecule has 2 aliphatic rings. The number of carbonyl (C=O) groups excluding carboxylic acids is 1. The molecule has 2 aliphatic heterocycles. The predicted molar refractivity (Wildman–Crippen MR) is 128 cm³/mol. The minimum atomic E-state index is 0.115. The largest absolute Gasteiger partial charge is 0.368 e. The second kappa shape index (κ2) is 9.17. The first-order chi connectivity index (χ1) is 15.7. The molecular weight excluding hydrogens is 398 g/mol. The van der Waals surface area contributed by atoms with Crippen LogP contribution in [0.25, 0.3) is 5.69 Å². The Bertz CT molecular complexity index is 1050. The van der Waals surface area contributed by atoms with Crippen molar-refractivity contribution in [3.05, 3.63) is 77.6 Å². The highest BCUT2D eigenvalue weighted by Gasteiger charge is 2.30. The summed E-state index contributed by atoms with van der Waals surface area (Å²) in [6, 6.07) is 18.9. The molecule has 6 heteroatoms. The molecule has 0 unspecified atom stereocenters. The van der Waals surface area contributed by atoms with E-state index in [0.29, 0.717) is 5.92 Å². The zero-order valence-electron chi connectivity index (χ0n) is 18.7. The van der Waals surface area contributed by atoms with Crippen molar-refractivity contribution in [3.8, 4) is 5.69 Å². The number of amides is 1. The second-order valence-electron chi connectivity index (χ2n) is 8.83. The number of nitrogens with one attached hydrogen (secondary N) is 1. The summed E-state index contributed by atoms with van der Waals surface area (Å²) in [6.07, 6.45) is 3.85. The molecule has 3 aromatic rings. The molecule has 0 radical (unpaired) electrons. The van der Waals surface area contributed by atoms with Gasteiger partial charge in [-0.2, -0.15) is 5.10 Å². The first-order valence-corrected chi connectivity index (χ1v) is 11.7. The van der Waals surface area contributed by atoms with Crippen molar-refractivity contribution in [1.29, 1.82) is 0 Å². The molecule has 1 amide bonds. The number of anilines is 1. The molecule has 0 saturated carbocycles. The third kappa shape index (κ3) is 4.15. The summed E-state index contributed by atoms with van der Waals surface area (Å²) in [6.45, 7) is 7.21. The molecule has 2 fully saturated rings. The van der Waals surface area contributed by atoms with Crippen LogP contribution in [0.3, 0.4) is 0 Å². The number of carbonyl (C=O) groups is 1. The molecule has 166 valence electrons. The first kappa shape index (κ1) is 20.8. The molecule has 3 heterocycles. The van der Waals surface area contributed by atoms with Gasteiger partial charge in [0, 0.05) is 37.8 Å². The number of piperazine rings is 1. The van der Waals surface area contributed by atoms with E-state index in [1.165, 1.54) is 11.3 Å². The van der Waals surface area contributed by atoms with Crippen LogP contribution in [0.15, 0.2) is 60.8 Å². The standard InChI is InChI=1S/C26H31N5O/c1-20-7-9-23(10-8-20)31-25(21-11-13-27-14-12-21)24(19-28-31)26(32)30-17-15-29(16-18-30)22-5-3-2-4-6-22/h2-10,19,21,27H,11-18H2,1H3. The van der Waals surface area contributed by atoms with E-state index in [1.54, 1.807) is 6.20 Å². The van der Waals surface area contributed by atoms with E-state index in [2.05, 4.69) is 65.7 Å². The van der Waals surface area contributed by atoms with E-state index in [0.717, 1.165) is 69.1 Å². The Morgan fingerprint density at radius 2 is 1.59 bits per heavy atom. The highest BCUT2D eigenvalue weighted by molar-refractivity contribution is 5.95. The van der Waals surface area contributed by atoms with E-state index in [4.69, 9.17) is 5.10 Å². The number of para-hydroxylation sites is 1. The summed E-state index contributed by atoms with van der Waals surface area (Å²) >= 11 is 0. The van der Waals surface area contributed by atoms with Crippen molar-refractivity contribution in [2.45, 2.75) is 25.7 Å². The molecule has 1 N–H and O–H groups in total. The van der Waals surface area contributed by atoms with E-state index in [1.807, 2.05) is 15.6 Å². The molecule has 32 heavy (non-hydrogen) atoms. The molecule has 6 nitrogen and oxygen atoms in total. The highest BCUT2D eigenvalue weighted by Crippen LogP contribution is 2.31. The van der Waals surface area contributed by atoms with Crippen LogP contribution >= 0.6 is 0 Å². The zero-order chi connectivity index (χ0) is 21.9. The third-order valence-corrected chi connectivity index (χ3v) is 6.73. The van der Waals surface area contributed by atoms with E-state index in [9.17, 15) is 4.79 Å². The van der Waals surface area contributed by atoms with E-state index >= 15 is 0 Å². The van der Waals surface area contributed by atoms with Gasteiger partial charge in [0.05, 0.1) is 23.1 Å². The lowest BCUT2D eigenvalue weighted by Gasteiger charge is -2.36. The molecule has 2 saturated heterocycles. The van der Waals surface area contributed by atoms with Crippen molar-refractivity contribution in [2.75, 3.05) is 44.2 Å². The van der Waals surface area contributed by atoms with Crippen molar-refractivity contribution >= 4 is 11.6 Å². The predicted octanol–water partition coefficient (Wildman–Crippen LogP) is 3.61. The zero-order valence-corrected chi connectivity index (χ0v) is 18.7. The van der Waals surface area contributed by atoms with Crippen LogP contribution in [0.1, 0.15) is 40.4 Å². The molecule has 0 bridgehead atoms. The Kier molecular flexibility index (Phi) is 5.95. The van der Waals surface area contributed by atoms with Gasteiger partial charge in [-0.25, -0.2) is 4.68 Å². The maximum Gasteiger partial charge on any atom is 0.257 e. The minimum absolute atomic E-state index is 0.115. The minimum Gasteiger partial charge on any atom is -0.368 e. The van der Waals surface area contributed by atoms with Crippen LogP contribution in [0.5, 0.6) is 0 Å². The molecule has 0 aliphatic carbocycles. The van der Waals surface area contributed by atoms with Crippen molar-refractivity contribution < 1.29 is 4.79 Å². The normalized spacial score (nSPS) is 17.5. The van der Waals surface area contributed by atoms with Crippen LogP contribution in [0.4, 0.5) is 5.69 Å². The number of aryl methyl sites for hydroxylation is 1. The Hall–Kier alpha value is -3.12. The first-order valence-electron chi connectivity index (χ1n) is 11.7. The van der Waals surface area contributed by atoms with Gasteiger partial charge in [0.15, 0.2) is 0 Å². The maximum absolute atomic E-state index is 13.6. The van der Waals surface area contributed by atoms with Crippen LogP contribution in [-0.4, -0.2) is 59.9 Å². The van der Waals surface area contributed by atoms with Gasteiger partial charge in [-0.3, -0.25) is 4.79 Å². The van der Waals surface area contributed by atoms with Crippen molar-refractivity contribution in [2.24, 2.45) is 0 Å². The van der Waals surface area contributed by atoms with Crippen LogP contribution in [0, 0.1) is 6.92 Å². The summed E-state index contributed by atoms with van der Waals surface area (Å²) < 4.78 is 2.00. The van der Waals surface area contributed by atoms with Gasteiger partial charge in [-0.1, -0.05) is 35.9 Å². The average molecular weight is 430 g/mol. The Morgan fingerprint density at radius 3 is 2.28 bits per heavy atom. The summed E-state index contributed by atoms with van der Waals surface area (Å²) in [7, 11) is 0. The van der Waals surface area contributed by atoms with Gasteiger partial charge in [-0.05, 0) is 57.1 Å². The van der Waals surface area contributed by atoms with Crippen LogP contribution in [0.2, 0.25) is 0 Å². The van der Waals surface area contributed by atoms with Crippen LogP contribution < -0.4 is 10.2 Å².